The van der Waals surface area contributed by atoms with Gasteiger partial charge in [-0.1, -0.05) is 41.9 Å². The van der Waals surface area contributed by atoms with E-state index >= 15 is 0 Å². The van der Waals surface area contributed by atoms with Crippen LogP contribution in [0.2, 0.25) is 5.15 Å². The molecule has 0 spiro atoms. The molecular weight excluding hydrogens is 334 g/mol. The lowest BCUT2D eigenvalue weighted by molar-refractivity contribution is 0.249. The van der Waals surface area contributed by atoms with E-state index < -0.39 is 0 Å². The maximum Gasteiger partial charge on any atom is 0.138 e. The van der Waals surface area contributed by atoms with E-state index in [0.29, 0.717) is 10.9 Å². The number of aromatic nitrogens is 1. The third kappa shape index (κ3) is 3.41. The molecule has 128 valence electrons. The molecule has 0 atom stereocenters. The summed E-state index contributed by atoms with van der Waals surface area (Å²) in [6, 6.07) is 17.7. The standard InChI is InChI=1S/C20H20ClN3O/c21-20-16(13-15-5-1-2-6-17(15)22-20)14-23-9-11-24(12-10-23)18-7-3-4-8-19(18)25/h1-8,13,25H,9-12,14H2. The van der Waals surface area contributed by atoms with Crippen LogP contribution in [0.1, 0.15) is 5.56 Å². The molecule has 3 aromatic rings. The van der Waals surface area contributed by atoms with Crippen LogP contribution in [0.3, 0.4) is 0 Å². The van der Waals surface area contributed by atoms with Gasteiger partial charge in [0.2, 0.25) is 0 Å². The summed E-state index contributed by atoms with van der Waals surface area (Å²) in [6.07, 6.45) is 0. The Morgan fingerprint density at radius 1 is 0.960 bits per heavy atom. The van der Waals surface area contributed by atoms with Gasteiger partial charge < -0.3 is 10.0 Å². The highest BCUT2D eigenvalue weighted by atomic mass is 35.5. The summed E-state index contributed by atoms with van der Waals surface area (Å²) in [6.45, 7) is 4.42. The van der Waals surface area contributed by atoms with Gasteiger partial charge in [0.05, 0.1) is 11.2 Å². The number of anilines is 1. The monoisotopic (exact) mass is 353 g/mol. The molecule has 1 fully saturated rings. The molecule has 2 heterocycles. The number of rotatable bonds is 3. The van der Waals surface area contributed by atoms with Crippen molar-refractivity contribution < 1.29 is 5.11 Å². The van der Waals surface area contributed by atoms with Crippen molar-refractivity contribution in [3.8, 4) is 5.75 Å². The predicted molar refractivity (Wildman–Crippen MR) is 102 cm³/mol. The first-order chi connectivity index (χ1) is 12.2. The number of benzene rings is 2. The third-order valence-corrected chi connectivity index (χ3v) is 5.07. The van der Waals surface area contributed by atoms with E-state index in [1.807, 2.05) is 36.4 Å². The molecule has 0 radical (unpaired) electrons. The average Bonchev–Trinajstić information content (AvgIpc) is 2.63. The van der Waals surface area contributed by atoms with Crippen molar-refractivity contribution in [2.75, 3.05) is 31.1 Å². The van der Waals surface area contributed by atoms with E-state index in [9.17, 15) is 5.11 Å². The quantitative estimate of drug-likeness (QED) is 0.724. The SMILES string of the molecule is Oc1ccccc1N1CCN(Cc2cc3ccccc3nc2Cl)CC1. The smallest absolute Gasteiger partial charge is 0.138 e. The fourth-order valence-electron chi connectivity index (χ4n) is 3.37. The highest BCUT2D eigenvalue weighted by Crippen LogP contribution is 2.28. The van der Waals surface area contributed by atoms with E-state index in [4.69, 9.17) is 11.6 Å². The van der Waals surface area contributed by atoms with Crippen molar-refractivity contribution in [1.82, 2.24) is 9.88 Å². The highest BCUT2D eigenvalue weighted by Gasteiger charge is 2.20. The van der Waals surface area contributed by atoms with Crippen molar-refractivity contribution in [3.63, 3.8) is 0 Å². The maximum atomic E-state index is 10.0. The molecule has 0 unspecified atom stereocenters. The van der Waals surface area contributed by atoms with Gasteiger partial charge in [-0.05, 0) is 24.3 Å². The van der Waals surface area contributed by atoms with Crippen LogP contribution in [0.4, 0.5) is 5.69 Å². The Bertz CT molecular complexity index is 891. The Balaban J connectivity index is 1.45. The van der Waals surface area contributed by atoms with Gasteiger partial charge in [-0.3, -0.25) is 4.90 Å². The van der Waals surface area contributed by atoms with Gasteiger partial charge in [-0.25, -0.2) is 4.98 Å². The van der Waals surface area contributed by atoms with E-state index in [2.05, 4.69) is 26.9 Å². The van der Waals surface area contributed by atoms with Crippen LogP contribution >= 0.6 is 11.6 Å². The molecule has 0 aliphatic carbocycles. The van der Waals surface area contributed by atoms with Gasteiger partial charge in [0.1, 0.15) is 10.9 Å². The van der Waals surface area contributed by atoms with Gasteiger partial charge in [0.25, 0.3) is 0 Å². The van der Waals surface area contributed by atoms with Gasteiger partial charge in [-0.2, -0.15) is 0 Å². The van der Waals surface area contributed by atoms with Gasteiger partial charge in [0.15, 0.2) is 0 Å². The molecule has 1 aliphatic heterocycles. The molecule has 2 aromatic carbocycles. The second kappa shape index (κ2) is 6.90. The number of hydrogen-bond acceptors (Lipinski definition) is 4. The van der Waals surface area contributed by atoms with E-state index in [1.54, 1.807) is 6.07 Å². The summed E-state index contributed by atoms with van der Waals surface area (Å²) in [5.74, 6) is 0.345. The van der Waals surface area contributed by atoms with E-state index in [-0.39, 0.29) is 0 Å². The zero-order valence-electron chi connectivity index (χ0n) is 13.9. The molecule has 0 bridgehead atoms. The summed E-state index contributed by atoms with van der Waals surface area (Å²) >= 11 is 6.39. The minimum Gasteiger partial charge on any atom is -0.506 e. The number of phenolic OH excluding ortho intramolecular Hbond substituents is 1. The Morgan fingerprint density at radius 3 is 2.48 bits per heavy atom. The van der Waals surface area contributed by atoms with Crippen LogP contribution in [-0.2, 0) is 6.54 Å². The van der Waals surface area contributed by atoms with Crippen molar-refractivity contribution >= 4 is 28.2 Å². The first kappa shape index (κ1) is 16.2. The van der Waals surface area contributed by atoms with Crippen LogP contribution in [0.25, 0.3) is 10.9 Å². The van der Waals surface area contributed by atoms with E-state index in [1.165, 1.54) is 0 Å². The number of halogens is 1. The molecule has 1 aromatic heterocycles. The van der Waals surface area contributed by atoms with Crippen LogP contribution in [-0.4, -0.2) is 41.2 Å². The molecule has 4 nitrogen and oxygen atoms in total. The largest absolute Gasteiger partial charge is 0.506 e. The minimum absolute atomic E-state index is 0.345. The molecule has 4 rings (SSSR count). The van der Waals surface area contributed by atoms with Crippen LogP contribution in [0.5, 0.6) is 5.75 Å². The van der Waals surface area contributed by atoms with Gasteiger partial charge >= 0.3 is 0 Å². The first-order valence-corrected chi connectivity index (χ1v) is 8.88. The Kier molecular flexibility index (Phi) is 4.47. The average molecular weight is 354 g/mol. The Morgan fingerprint density at radius 2 is 1.68 bits per heavy atom. The van der Waals surface area contributed by atoms with Gasteiger partial charge in [-0.15, -0.1) is 0 Å². The molecule has 0 saturated carbocycles. The summed E-state index contributed by atoms with van der Waals surface area (Å²) in [5, 5.41) is 11.7. The number of aromatic hydroxyl groups is 1. The molecule has 1 saturated heterocycles. The number of piperazine rings is 1. The predicted octanol–water partition coefficient (Wildman–Crippen LogP) is 3.92. The molecule has 1 aliphatic rings. The lowest BCUT2D eigenvalue weighted by Gasteiger charge is -2.36. The lowest BCUT2D eigenvalue weighted by Crippen LogP contribution is -2.46. The first-order valence-electron chi connectivity index (χ1n) is 8.50. The molecular formula is C20H20ClN3O. The lowest BCUT2D eigenvalue weighted by atomic mass is 10.1. The van der Waals surface area contributed by atoms with Crippen LogP contribution < -0.4 is 4.90 Å². The van der Waals surface area contributed by atoms with Crippen molar-refractivity contribution in [2.45, 2.75) is 6.54 Å². The fraction of sp³-hybridized carbons (Fsp3) is 0.250. The number of para-hydroxylation sites is 3. The minimum atomic E-state index is 0.345. The topological polar surface area (TPSA) is 39.6 Å². The normalized spacial score (nSPS) is 15.6. The van der Waals surface area contributed by atoms with Crippen LogP contribution in [0.15, 0.2) is 54.6 Å². The number of pyridine rings is 1. The van der Waals surface area contributed by atoms with Gasteiger partial charge in [0, 0.05) is 43.7 Å². The number of phenols is 1. The third-order valence-electron chi connectivity index (χ3n) is 4.74. The maximum absolute atomic E-state index is 10.0. The number of fused-ring (bicyclic) bond motifs is 1. The van der Waals surface area contributed by atoms with E-state index in [0.717, 1.165) is 54.9 Å². The zero-order chi connectivity index (χ0) is 17.2. The zero-order valence-corrected chi connectivity index (χ0v) is 14.7. The molecule has 25 heavy (non-hydrogen) atoms. The number of hydrogen-bond donors (Lipinski definition) is 1. The molecule has 5 heteroatoms. The summed E-state index contributed by atoms with van der Waals surface area (Å²) in [4.78, 5) is 9.12. The fourth-order valence-corrected chi connectivity index (χ4v) is 3.57. The molecule has 1 N–H and O–H groups in total. The summed E-state index contributed by atoms with van der Waals surface area (Å²) in [7, 11) is 0. The summed E-state index contributed by atoms with van der Waals surface area (Å²) < 4.78 is 0. The second-order valence-electron chi connectivity index (χ2n) is 6.38. The Hall–Kier alpha value is -2.30. The van der Waals surface area contributed by atoms with Crippen molar-refractivity contribution in [1.29, 1.82) is 0 Å². The van der Waals surface area contributed by atoms with Crippen LogP contribution in [0, 0.1) is 0 Å². The highest BCUT2D eigenvalue weighted by molar-refractivity contribution is 6.30. The Labute approximate surface area is 152 Å². The number of nitrogens with zero attached hydrogens (tertiary/aromatic N) is 3. The summed E-state index contributed by atoms with van der Waals surface area (Å²) in [5.41, 5.74) is 2.91. The second-order valence-corrected chi connectivity index (χ2v) is 6.74. The molecule has 0 amide bonds. The van der Waals surface area contributed by atoms with Crippen molar-refractivity contribution in [2.24, 2.45) is 0 Å². The van der Waals surface area contributed by atoms with Crippen molar-refractivity contribution in [3.05, 3.63) is 65.3 Å².